The highest BCUT2D eigenvalue weighted by molar-refractivity contribution is 6.04. The van der Waals surface area contributed by atoms with E-state index in [4.69, 9.17) is 5.73 Å². The Morgan fingerprint density at radius 1 is 1.05 bits per heavy atom. The maximum atomic E-state index is 12.0. The molecule has 0 aliphatic heterocycles. The molecule has 2 aromatic carbocycles. The number of carbonyl (C=O) groups is 1. The molecule has 0 aromatic heterocycles. The van der Waals surface area contributed by atoms with Crippen LogP contribution >= 0.6 is 0 Å². The Morgan fingerprint density at radius 3 is 2.38 bits per heavy atom. The van der Waals surface area contributed by atoms with E-state index in [1.165, 1.54) is 0 Å². The summed E-state index contributed by atoms with van der Waals surface area (Å²) in [4.78, 5) is 22.5. The van der Waals surface area contributed by atoms with Crippen molar-refractivity contribution in [3.05, 3.63) is 70.6 Å². The minimum absolute atomic E-state index is 0.130. The number of para-hydroxylation sites is 1. The van der Waals surface area contributed by atoms with Crippen LogP contribution in [0.3, 0.4) is 0 Å². The minimum Gasteiger partial charge on any atom is -0.398 e. The number of benzene rings is 2. The van der Waals surface area contributed by atoms with E-state index in [9.17, 15) is 9.70 Å². The Balaban J connectivity index is 2.19. The smallest absolute Gasteiger partial charge is 0.273 e. The van der Waals surface area contributed by atoms with Gasteiger partial charge in [-0.15, -0.1) is 0 Å². The van der Waals surface area contributed by atoms with E-state index in [-0.39, 0.29) is 6.54 Å². The fraction of sp³-hybridized carbons (Fsp3) is 0.0667. The maximum absolute atomic E-state index is 12.0. The van der Waals surface area contributed by atoms with E-state index in [1.807, 2.05) is 18.2 Å². The molecule has 0 saturated carbocycles. The number of amides is 1. The van der Waals surface area contributed by atoms with Gasteiger partial charge in [0, 0.05) is 5.69 Å². The summed E-state index contributed by atoms with van der Waals surface area (Å²) in [6.45, 7) is -0.130. The van der Waals surface area contributed by atoms with Crippen molar-refractivity contribution in [1.29, 1.82) is 0 Å². The fourth-order valence-corrected chi connectivity index (χ4v) is 1.77. The van der Waals surface area contributed by atoms with Gasteiger partial charge in [0.1, 0.15) is 6.54 Å². The van der Waals surface area contributed by atoms with Crippen LogP contribution in [0.15, 0.2) is 64.9 Å². The van der Waals surface area contributed by atoms with Gasteiger partial charge in [0.25, 0.3) is 5.91 Å². The summed E-state index contributed by atoms with van der Waals surface area (Å²) in [5.41, 5.74) is 9.90. The largest absolute Gasteiger partial charge is 0.398 e. The molecule has 1 amide bonds. The van der Waals surface area contributed by atoms with Gasteiger partial charge in [-0.1, -0.05) is 47.6 Å². The maximum Gasteiger partial charge on any atom is 0.273 e. The molecule has 6 nitrogen and oxygen atoms in total. The number of anilines is 1. The molecule has 0 spiro atoms. The topological polar surface area (TPSA) is 96.9 Å². The van der Waals surface area contributed by atoms with Crippen LogP contribution in [0.25, 0.3) is 0 Å². The van der Waals surface area contributed by atoms with E-state index < -0.39 is 5.91 Å². The molecule has 2 rings (SSSR count). The number of nitrogens with one attached hydrogen (secondary N) is 1. The minimum atomic E-state index is -0.438. The van der Waals surface area contributed by atoms with E-state index in [0.717, 1.165) is 5.56 Å². The zero-order valence-electron chi connectivity index (χ0n) is 11.2. The Morgan fingerprint density at radius 2 is 1.71 bits per heavy atom. The monoisotopic (exact) mass is 282 g/mol. The molecule has 106 valence electrons. The molecule has 0 bridgehead atoms. The Hall–Kier alpha value is -3.02. The summed E-state index contributed by atoms with van der Waals surface area (Å²) >= 11 is 0. The van der Waals surface area contributed by atoms with Crippen LogP contribution in [0.5, 0.6) is 0 Å². The molecule has 3 N–H and O–H groups in total. The van der Waals surface area contributed by atoms with Crippen molar-refractivity contribution in [2.45, 2.75) is 0 Å². The van der Waals surface area contributed by atoms with Crippen molar-refractivity contribution in [2.75, 3.05) is 12.3 Å². The van der Waals surface area contributed by atoms with E-state index in [1.54, 1.807) is 36.4 Å². The summed E-state index contributed by atoms with van der Waals surface area (Å²) in [7, 11) is 0. The van der Waals surface area contributed by atoms with Crippen LogP contribution in [0.4, 0.5) is 5.69 Å². The van der Waals surface area contributed by atoms with Gasteiger partial charge in [0.05, 0.1) is 11.3 Å². The lowest BCUT2D eigenvalue weighted by molar-refractivity contribution is 0.0955. The first kappa shape index (κ1) is 14.4. The zero-order valence-corrected chi connectivity index (χ0v) is 11.2. The van der Waals surface area contributed by atoms with Crippen molar-refractivity contribution in [2.24, 2.45) is 10.3 Å². The lowest BCUT2D eigenvalue weighted by Crippen LogP contribution is -2.22. The average molecular weight is 282 g/mol. The predicted octanol–water partition coefficient (Wildman–Crippen LogP) is 2.17. The fourth-order valence-electron chi connectivity index (χ4n) is 1.77. The Kier molecular flexibility index (Phi) is 4.76. The predicted molar refractivity (Wildman–Crippen MR) is 82.0 cm³/mol. The number of nitrogens with two attached hydrogens (primary N) is 1. The third kappa shape index (κ3) is 3.73. The second-order valence-electron chi connectivity index (χ2n) is 4.24. The first-order chi connectivity index (χ1) is 10.2. The third-order valence-corrected chi connectivity index (χ3v) is 2.82. The molecular weight excluding hydrogens is 268 g/mol. The summed E-state index contributed by atoms with van der Waals surface area (Å²) in [5.74, 6) is -0.438. The van der Waals surface area contributed by atoms with Crippen molar-refractivity contribution in [1.82, 2.24) is 5.43 Å². The number of hydrogen-bond acceptors (Lipinski definition) is 5. The number of nitrogen functional groups attached to an aromatic ring is 1. The normalized spacial score (nSPS) is 11.0. The molecular formula is C15H14N4O2. The summed E-state index contributed by atoms with van der Waals surface area (Å²) in [5, 5.41) is 6.79. The van der Waals surface area contributed by atoms with Crippen molar-refractivity contribution in [3.8, 4) is 0 Å². The summed E-state index contributed by atoms with van der Waals surface area (Å²) in [6.07, 6.45) is 0. The molecule has 0 heterocycles. The molecule has 0 fully saturated rings. The molecule has 0 aliphatic carbocycles. The summed E-state index contributed by atoms with van der Waals surface area (Å²) < 4.78 is 0. The number of hydrogen-bond donors (Lipinski definition) is 2. The second kappa shape index (κ2) is 6.95. The zero-order chi connectivity index (χ0) is 15.1. The second-order valence-corrected chi connectivity index (χ2v) is 4.24. The van der Waals surface area contributed by atoms with Gasteiger partial charge in [-0.2, -0.15) is 10.0 Å². The van der Waals surface area contributed by atoms with Crippen LogP contribution in [0.1, 0.15) is 15.9 Å². The molecule has 0 saturated heterocycles. The highest BCUT2D eigenvalue weighted by Gasteiger charge is 2.09. The van der Waals surface area contributed by atoms with Crippen LogP contribution in [0, 0.1) is 4.91 Å². The van der Waals surface area contributed by atoms with E-state index >= 15 is 0 Å². The van der Waals surface area contributed by atoms with Gasteiger partial charge in [0.2, 0.25) is 0 Å². The van der Waals surface area contributed by atoms with Crippen LogP contribution in [-0.4, -0.2) is 18.2 Å². The molecule has 0 aliphatic rings. The number of hydrazone groups is 1. The van der Waals surface area contributed by atoms with Gasteiger partial charge >= 0.3 is 0 Å². The Labute approximate surface area is 121 Å². The molecule has 6 heteroatoms. The van der Waals surface area contributed by atoms with Gasteiger partial charge in [-0.05, 0) is 17.7 Å². The van der Waals surface area contributed by atoms with Crippen molar-refractivity contribution >= 4 is 17.3 Å². The quantitative estimate of drug-likeness (QED) is 0.380. The van der Waals surface area contributed by atoms with Gasteiger partial charge in [-0.25, -0.2) is 5.43 Å². The third-order valence-electron chi connectivity index (χ3n) is 2.82. The Bertz CT molecular complexity index is 668. The molecule has 21 heavy (non-hydrogen) atoms. The lowest BCUT2D eigenvalue weighted by atomic mass is 10.1. The van der Waals surface area contributed by atoms with Gasteiger partial charge in [0.15, 0.2) is 0 Å². The van der Waals surface area contributed by atoms with Crippen molar-refractivity contribution < 1.29 is 4.79 Å². The number of rotatable bonds is 5. The number of nitrogens with zero attached hydrogens (tertiary/aromatic N) is 2. The SMILES string of the molecule is Nc1ccccc1C(=O)NN=C(CN=O)c1ccccc1. The molecule has 0 unspecified atom stereocenters. The highest BCUT2D eigenvalue weighted by Crippen LogP contribution is 2.10. The van der Waals surface area contributed by atoms with Crippen LogP contribution in [-0.2, 0) is 0 Å². The van der Waals surface area contributed by atoms with E-state index in [0.29, 0.717) is 17.0 Å². The van der Waals surface area contributed by atoms with Gasteiger partial charge < -0.3 is 5.73 Å². The van der Waals surface area contributed by atoms with Crippen LogP contribution < -0.4 is 11.2 Å². The standard InChI is InChI=1S/C15H14N4O2/c16-13-9-5-4-8-12(13)15(20)19-18-14(10-17-21)11-6-2-1-3-7-11/h1-9H,10,16H2,(H,19,20). The molecule has 2 aromatic rings. The van der Waals surface area contributed by atoms with Crippen molar-refractivity contribution in [3.63, 3.8) is 0 Å². The first-order valence-corrected chi connectivity index (χ1v) is 6.28. The average Bonchev–Trinajstić information content (AvgIpc) is 2.52. The van der Waals surface area contributed by atoms with E-state index in [2.05, 4.69) is 15.7 Å². The first-order valence-electron chi connectivity index (χ1n) is 6.28. The van der Waals surface area contributed by atoms with Gasteiger partial charge in [-0.3, -0.25) is 4.79 Å². The molecule has 0 atom stereocenters. The molecule has 0 radical (unpaired) electrons. The summed E-state index contributed by atoms with van der Waals surface area (Å²) in [6, 6.07) is 15.7. The van der Waals surface area contributed by atoms with Crippen LogP contribution in [0.2, 0.25) is 0 Å². The lowest BCUT2D eigenvalue weighted by Gasteiger charge is -2.06. The number of carbonyl (C=O) groups excluding carboxylic acids is 1. The number of nitroso groups, excluding NO2 is 1. The highest BCUT2D eigenvalue weighted by atomic mass is 16.3.